The molecular formula is C22H22FN3O3S. The molecule has 4 rings (SSSR count). The fraction of sp³-hybridized carbons (Fsp3) is 0.318. The SMILES string of the molecule is C[C@@H](OC(=O)c1nn(-c2ccc(F)cc2)c2c1CCCC2)C(=O)NCc1cccs1. The molecule has 1 atom stereocenters. The van der Waals surface area contributed by atoms with Gasteiger partial charge in [0.1, 0.15) is 5.82 Å². The van der Waals surface area contributed by atoms with Crippen molar-refractivity contribution in [3.05, 3.63) is 69.4 Å². The molecule has 1 amide bonds. The monoisotopic (exact) mass is 427 g/mol. The number of carbonyl (C=O) groups is 2. The molecule has 1 aliphatic rings. The Hall–Kier alpha value is -3.00. The molecule has 1 aliphatic carbocycles. The highest BCUT2D eigenvalue weighted by Gasteiger charge is 2.28. The van der Waals surface area contributed by atoms with E-state index in [4.69, 9.17) is 4.74 Å². The van der Waals surface area contributed by atoms with E-state index in [2.05, 4.69) is 10.4 Å². The number of rotatable bonds is 6. The normalized spacial score (nSPS) is 14.1. The van der Waals surface area contributed by atoms with Crippen molar-refractivity contribution in [3.8, 4) is 5.69 Å². The van der Waals surface area contributed by atoms with E-state index in [-0.39, 0.29) is 17.4 Å². The molecule has 0 saturated heterocycles. The number of amides is 1. The van der Waals surface area contributed by atoms with Gasteiger partial charge in [-0.05, 0) is 68.3 Å². The summed E-state index contributed by atoms with van der Waals surface area (Å²) in [5.41, 5.74) is 2.71. The minimum Gasteiger partial charge on any atom is -0.448 e. The summed E-state index contributed by atoms with van der Waals surface area (Å²) < 4.78 is 20.4. The number of thiophene rings is 1. The summed E-state index contributed by atoms with van der Waals surface area (Å²) in [5.74, 6) is -1.31. The largest absolute Gasteiger partial charge is 0.448 e. The van der Waals surface area contributed by atoms with Crippen molar-refractivity contribution in [3.63, 3.8) is 0 Å². The van der Waals surface area contributed by atoms with Crippen LogP contribution in [-0.4, -0.2) is 27.8 Å². The van der Waals surface area contributed by atoms with E-state index >= 15 is 0 Å². The second-order valence-electron chi connectivity index (χ2n) is 7.21. The quantitative estimate of drug-likeness (QED) is 0.607. The maximum Gasteiger partial charge on any atom is 0.359 e. The molecule has 0 spiro atoms. The van der Waals surface area contributed by atoms with Gasteiger partial charge in [-0.2, -0.15) is 5.10 Å². The maximum atomic E-state index is 13.3. The molecule has 30 heavy (non-hydrogen) atoms. The Morgan fingerprint density at radius 2 is 2.00 bits per heavy atom. The van der Waals surface area contributed by atoms with E-state index in [0.29, 0.717) is 12.2 Å². The van der Waals surface area contributed by atoms with Gasteiger partial charge >= 0.3 is 5.97 Å². The lowest BCUT2D eigenvalue weighted by molar-refractivity contribution is -0.129. The van der Waals surface area contributed by atoms with Crippen molar-refractivity contribution in [2.45, 2.75) is 45.3 Å². The molecule has 6 nitrogen and oxygen atoms in total. The minimum atomic E-state index is -0.937. The topological polar surface area (TPSA) is 73.2 Å². The van der Waals surface area contributed by atoms with E-state index in [1.165, 1.54) is 12.1 Å². The predicted octanol–water partition coefficient (Wildman–Crippen LogP) is 3.81. The first-order chi connectivity index (χ1) is 14.5. The van der Waals surface area contributed by atoms with E-state index in [0.717, 1.165) is 41.8 Å². The summed E-state index contributed by atoms with van der Waals surface area (Å²) in [4.78, 5) is 26.2. The summed E-state index contributed by atoms with van der Waals surface area (Å²) in [6, 6.07) is 9.83. The van der Waals surface area contributed by atoms with Gasteiger partial charge in [0.2, 0.25) is 0 Å². The van der Waals surface area contributed by atoms with Crippen molar-refractivity contribution in [1.82, 2.24) is 15.1 Å². The number of halogens is 1. The number of hydrogen-bond acceptors (Lipinski definition) is 5. The van der Waals surface area contributed by atoms with Gasteiger partial charge in [0.05, 0.1) is 12.2 Å². The molecule has 0 fully saturated rings. The maximum absolute atomic E-state index is 13.3. The van der Waals surface area contributed by atoms with E-state index in [1.807, 2.05) is 17.5 Å². The molecule has 0 bridgehead atoms. The van der Waals surface area contributed by atoms with Crippen LogP contribution in [0.15, 0.2) is 41.8 Å². The second-order valence-corrected chi connectivity index (χ2v) is 8.25. The average molecular weight is 428 g/mol. The molecule has 1 aromatic carbocycles. The smallest absolute Gasteiger partial charge is 0.359 e. The van der Waals surface area contributed by atoms with Gasteiger partial charge in [0, 0.05) is 16.1 Å². The Labute approximate surface area is 177 Å². The van der Waals surface area contributed by atoms with Crippen LogP contribution in [0.4, 0.5) is 4.39 Å². The molecule has 1 N–H and O–H groups in total. The van der Waals surface area contributed by atoms with Crippen molar-refractivity contribution < 1.29 is 18.7 Å². The fourth-order valence-electron chi connectivity index (χ4n) is 3.56. The zero-order valence-electron chi connectivity index (χ0n) is 16.6. The number of nitrogens with zero attached hydrogens (tertiary/aromatic N) is 2. The summed E-state index contributed by atoms with van der Waals surface area (Å²) >= 11 is 1.55. The molecule has 2 aromatic heterocycles. The Morgan fingerprint density at radius 3 is 2.73 bits per heavy atom. The fourth-order valence-corrected chi connectivity index (χ4v) is 4.20. The van der Waals surface area contributed by atoms with Crippen LogP contribution < -0.4 is 5.32 Å². The highest BCUT2D eigenvalue weighted by atomic mass is 32.1. The molecule has 0 radical (unpaired) electrons. The van der Waals surface area contributed by atoms with Crippen molar-refractivity contribution >= 4 is 23.2 Å². The van der Waals surface area contributed by atoms with Crippen LogP contribution in [0.3, 0.4) is 0 Å². The predicted molar refractivity (Wildman–Crippen MR) is 111 cm³/mol. The lowest BCUT2D eigenvalue weighted by Gasteiger charge is -2.15. The molecule has 8 heteroatoms. The zero-order valence-corrected chi connectivity index (χ0v) is 17.4. The number of benzene rings is 1. The van der Waals surface area contributed by atoms with Crippen LogP contribution in [0.2, 0.25) is 0 Å². The highest BCUT2D eigenvalue weighted by Crippen LogP contribution is 2.27. The van der Waals surface area contributed by atoms with Gasteiger partial charge in [-0.3, -0.25) is 4.79 Å². The van der Waals surface area contributed by atoms with Crippen LogP contribution in [0, 0.1) is 5.82 Å². The third-order valence-corrected chi connectivity index (χ3v) is 5.99. The summed E-state index contributed by atoms with van der Waals surface area (Å²) in [6.07, 6.45) is 2.52. The van der Waals surface area contributed by atoms with Crippen LogP contribution >= 0.6 is 11.3 Å². The Bertz CT molecular complexity index is 1040. The van der Waals surface area contributed by atoms with E-state index in [9.17, 15) is 14.0 Å². The lowest BCUT2D eigenvalue weighted by atomic mass is 9.95. The Kier molecular flexibility index (Phi) is 5.94. The molecule has 156 valence electrons. The molecular weight excluding hydrogens is 405 g/mol. The molecule has 0 saturated carbocycles. The lowest BCUT2D eigenvalue weighted by Crippen LogP contribution is -2.35. The first-order valence-electron chi connectivity index (χ1n) is 9.90. The number of carbonyl (C=O) groups excluding carboxylic acids is 2. The van der Waals surface area contributed by atoms with Gasteiger partial charge < -0.3 is 10.1 Å². The van der Waals surface area contributed by atoms with Crippen molar-refractivity contribution in [2.75, 3.05) is 0 Å². The van der Waals surface area contributed by atoms with Crippen molar-refractivity contribution in [1.29, 1.82) is 0 Å². The first-order valence-corrected chi connectivity index (χ1v) is 10.8. The van der Waals surface area contributed by atoms with Crippen molar-refractivity contribution in [2.24, 2.45) is 0 Å². The van der Waals surface area contributed by atoms with Gasteiger partial charge in [0.25, 0.3) is 5.91 Å². The number of fused-ring (bicyclic) bond motifs is 1. The zero-order chi connectivity index (χ0) is 21.1. The molecule has 3 aromatic rings. The second kappa shape index (κ2) is 8.79. The number of aromatic nitrogens is 2. The first kappa shape index (κ1) is 20.3. The number of nitrogens with one attached hydrogen (secondary N) is 1. The van der Waals surface area contributed by atoms with Gasteiger partial charge in [0.15, 0.2) is 11.8 Å². The standard InChI is InChI=1S/C22H22FN3O3S/c1-14(21(27)24-13-17-5-4-12-30-17)29-22(28)20-18-6-2-3-7-19(18)26(25-20)16-10-8-15(23)9-11-16/h4-5,8-12,14H,2-3,6-7,13H2,1H3,(H,24,27)/t14-/m1/s1. The number of esters is 1. The summed E-state index contributed by atoms with van der Waals surface area (Å²) in [6.45, 7) is 1.94. The molecule has 0 aliphatic heterocycles. The molecule has 2 heterocycles. The third-order valence-electron chi connectivity index (χ3n) is 5.11. The Morgan fingerprint density at radius 1 is 1.23 bits per heavy atom. The van der Waals surface area contributed by atoms with Gasteiger partial charge in [-0.15, -0.1) is 11.3 Å². The van der Waals surface area contributed by atoms with Gasteiger partial charge in [-0.25, -0.2) is 13.9 Å². The average Bonchev–Trinajstić information content (AvgIpc) is 3.40. The molecule has 0 unspecified atom stereocenters. The van der Waals surface area contributed by atoms with Crippen LogP contribution in [-0.2, 0) is 28.9 Å². The number of ether oxygens (including phenoxy) is 1. The van der Waals surface area contributed by atoms with Gasteiger partial charge in [-0.1, -0.05) is 6.07 Å². The summed E-state index contributed by atoms with van der Waals surface area (Å²) in [5, 5.41) is 9.19. The third kappa shape index (κ3) is 4.28. The number of hydrogen-bond donors (Lipinski definition) is 1. The Balaban J connectivity index is 1.50. The van der Waals surface area contributed by atoms with E-state index < -0.39 is 12.1 Å². The summed E-state index contributed by atoms with van der Waals surface area (Å²) in [7, 11) is 0. The van der Waals surface area contributed by atoms with E-state index in [1.54, 1.807) is 35.1 Å². The minimum absolute atomic E-state index is 0.229. The van der Waals surface area contributed by atoms with Crippen LogP contribution in [0.25, 0.3) is 5.69 Å². The van der Waals surface area contributed by atoms with Crippen LogP contribution in [0.5, 0.6) is 0 Å². The van der Waals surface area contributed by atoms with Crippen LogP contribution in [0.1, 0.15) is 46.4 Å². The highest BCUT2D eigenvalue weighted by molar-refractivity contribution is 7.09.